The van der Waals surface area contributed by atoms with Gasteiger partial charge in [-0.25, -0.2) is 4.99 Å². The Morgan fingerprint density at radius 2 is 1.43 bits per heavy atom. The summed E-state index contributed by atoms with van der Waals surface area (Å²) in [5, 5.41) is 5.32. The van der Waals surface area contributed by atoms with Crippen molar-refractivity contribution in [3.8, 4) is 11.5 Å². The second-order valence-corrected chi connectivity index (χ2v) is 6.59. The topological polar surface area (TPSA) is 55.2 Å². The Morgan fingerprint density at radius 3 is 2.11 bits per heavy atom. The number of hydrazone groups is 1. The maximum atomic E-state index is 6.01. The molecule has 6 heteroatoms. The minimum atomic E-state index is 0.645. The van der Waals surface area contributed by atoms with E-state index < -0.39 is 0 Å². The molecule has 3 aromatic carbocycles. The van der Waals surface area contributed by atoms with Gasteiger partial charge in [-0.15, -0.1) is 0 Å². The zero-order valence-electron chi connectivity index (χ0n) is 15.4. The van der Waals surface area contributed by atoms with E-state index in [0.29, 0.717) is 10.9 Å². The Bertz CT molecular complexity index is 1060. The van der Waals surface area contributed by atoms with Crippen LogP contribution in [0.15, 0.2) is 76.8 Å². The molecule has 0 radical (unpaired) electrons. The van der Waals surface area contributed by atoms with Gasteiger partial charge in [0.15, 0.2) is 5.84 Å². The Labute approximate surface area is 168 Å². The van der Waals surface area contributed by atoms with Gasteiger partial charge in [-0.2, -0.15) is 5.10 Å². The lowest BCUT2D eigenvalue weighted by Crippen LogP contribution is -2.19. The number of hydrogen-bond donors (Lipinski definition) is 1. The van der Waals surface area contributed by atoms with Crippen molar-refractivity contribution in [3.05, 3.63) is 88.4 Å². The summed E-state index contributed by atoms with van der Waals surface area (Å²) in [6, 6.07) is 21.0. The standard InChI is InChI=1S/C22H18ClN3O2/c1-27-17-9-5-14(6-10-17)21-19-13-18(28-2)11-12-20(19)24-22(26-25-21)15-3-7-16(23)8-4-15/h3-13H,1-2H3,(H,24,26). The number of methoxy groups -OCH3 is 2. The van der Waals surface area contributed by atoms with Gasteiger partial charge in [-0.3, -0.25) is 5.43 Å². The van der Waals surface area contributed by atoms with Crippen molar-refractivity contribution >= 4 is 28.8 Å². The van der Waals surface area contributed by atoms with Crippen LogP contribution in [0.3, 0.4) is 0 Å². The SMILES string of the molecule is COc1ccc(C2=NNC(c3ccc(Cl)cc3)=Nc3ccc(OC)cc32)cc1. The number of fused-ring (bicyclic) bond motifs is 1. The Balaban J connectivity index is 1.83. The lowest BCUT2D eigenvalue weighted by Gasteiger charge is -2.10. The minimum Gasteiger partial charge on any atom is -0.497 e. The van der Waals surface area contributed by atoms with E-state index in [9.17, 15) is 0 Å². The maximum Gasteiger partial charge on any atom is 0.154 e. The number of benzene rings is 3. The van der Waals surface area contributed by atoms with E-state index in [1.54, 1.807) is 14.2 Å². The number of nitrogens with zero attached hydrogens (tertiary/aromatic N) is 2. The molecule has 3 aromatic rings. The molecule has 0 aromatic heterocycles. The summed E-state index contributed by atoms with van der Waals surface area (Å²) in [7, 11) is 3.29. The van der Waals surface area contributed by atoms with Crippen LogP contribution in [0.25, 0.3) is 0 Å². The molecule has 5 nitrogen and oxygen atoms in total. The summed E-state index contributed by atoms with van der Waals surface area (Å²) < 4.78 is 10.7. The molecule has 0 aliphatic carbocycles. The van der Waals surface area contributed by atoms with Crippen molar-refractivity contribution in [2.24, 2.45) is 10.1 Å². The molecular formula is C22H18ClN3O2. The number of aliphatic imine (C=N–C) groups is 1. The third kappa shape index (κ3) is 3.57. The van der Waals surface area contributed by atoms with E-state index in [2.05, 4.69) is 10.5 Å². The first kappa shape index (κ1) is 18.1. The van der Waals surface area contributed by atoms with E-state index in [-0.39, 0.29) is 0 Å². The smallest absolute Gasteiger partial charge is 0.154 e. The highest BCUT2D eigenvalue weighted by Crippen LogP contribution is 2.30. The molecule has 0 saturated heterocycles. The number of ether oxygens (including phenoxy) is 2. The Hall–Kier alpha value is -3.31. The van der Waals surface area contributed by atoms with Crippen LogP contribution >= 0.6 is 11.6 Å². The van der Waals surface area contributed by atoms with Crippen LogP contribution in [-0.4, -0.2) is 25.8 Å². The molecular weight excluding hydrogens is 374 g/mol. The fraction of sp³-hybridized carbons (Fsp3) is 0.0909. The molecule has 1 N–H and O–H groups in total. The van der Waals surface area contributed by atoms with Crippen LogP contribution in [-0.2, 0) is 0 Å². The molecule has 1 heterocycles. The summed E-state index contributed by atoms with van der Waals surface area (Å²) in [4.78, 5) is 4.79. The first-order chi connectivity index (χ1) is 13.7. The molecule has 0 saturated carbocycles. The largest absolute Gasteiger partial charge is 0.497 e. The van der Waals surface area contributed by atoms with Gasteiger partial charge < -0.3 is 9.47 Å². The van der Waals surface area contributed by atoms with Gasteiger partial charge in [0.25, 0.3) is 0 Å². The zero-order valence-corrected chi connectivity index (χ0v) is 16.2. The molecule has 0 atom stereocenters. The minimum absolute atomic E-state index is 0.645. The molecule has 0 unspecified atom stereocenters. The Morgan fingerprint density at radius 1 is 0.786 bits per heavy atom. The predicted molar refractivity (Wildman–Crippen MR) is 112 cm³/mol. The summed E-state index contributed by atoms with van der Waals surface area (Å²) in [6.07, 6.45) is 0. The van der Waals surface area contributed by atoms with Crippen molar-refractivity contribution < 1.29 is 9.47 Å². The molecule has 0 amide bonds. The van der Waals surface area contributed by atoms with E-state index in [1.165, 1.54) is 0 Å². The summed E-state index contributed by atoms with van der Waals surface area (Å²) in [6.45, 7) is 0. The van der Waals surface area contributed by atoms with Crippen molar-refractivity contribution in [1.82, 2.24) is 5.43 Å². The highest BCUT2D eigenvalue weighted by Gasteiger charge is 2.18. The normalized spacial score (nSPS) is 12.8. The van der Waals surface area contributed by atoms with Crippen molar-refractivity contribution in [1.29, 1.82) is 0 Å². The molecule has 140 valence electrons. The average molecular weight is 392 g/mol. The van der Waals surface area contributed by atoms with Crippen LogP contribution in [0.5, 0.6) is 11.5 Å². The fourth-order valence-electron chi connectivity index (χ4n) is 2.95. The lowest BCUT2D eigenvalue weighted by molar-refractivity contribution is 0.414. The molecule has 28 heavy (non-hydrogen) atoms. The number of rotatable bonds is 4. The summed E-state index contributed by atoms with van der Waals surface area (Å²) in [5.41, 5.74) is 7.38. The molecule has 1 aliphatic heterocycles. The number of hydrogen-bond acceptors (Lipinski definition) is 5. The second kappa shape index (κ2) is 7.74. The molecule has 4 rings (SSSR count). The van der Waals surface area contributed by atoms with E-state index >= 15 is 0 Å². The highest BCUT2D eigenvalue weighted by atomic mass is 35.5. The molecule has 0 bridgehead atoms. The second-order valence-electron chi connectivity index (χ2n) is 6.15. The lowest BCUT2D eigenvalue weighted by atomic mass is 10.0. The highest BCUT2D eigenvalue weighted by molar-refractivity contribution is 6.30. The van der Waals surface area contributed by atoms with Crippen molar-refractivity contribution in [2.45, 2.75) is 0 Å². The third-order valence-electron chi connectivity index (χ3n) is 4.45. The van der Waals surface area contributed by atoms with Gasteiger partial charge in [-0.1, -0.05) is 11.6 Å². The fourth-order valence-corrected chi connectivity index (χ4v) is 3.08. The van der Waals surface area contributed by atoms with Gasteiger partial charge in [0.1, 0.15) is 17.2 Å². The van der Waals surface area contributed by atoms with Crippen LogP contribution < -0.4 is 14.9 Å². The molecule has 1 aliphatic rings. The summed E-state index contributed by atoms with van der Waals surface area (Å²) >= 11 is 6.01. The summed E-state index contributed by atoms with van der Waals surface area (Å²) in [5.74, 6) is 2.17. The zero-order chi connectivity index (χ0) is 19.5. The van der Waals surface area contributed by atoms with Crippen LogP contribution in [0.2, 0.25) is 5.02 Å². The van der Waals surface area contributed by atoms with Gasteiger partial charge in [-0.05, 0) is 66.7 Å². The first-order valence-electron chi connectivity index (χ1n) is 8.69. The monoisotopic (exact) mass is 391 g/mol. The van der Waals surface area contributed by atoms with Gasteiger partial charge in [0, 0.05) is 21.7 Å². The predicted octanol–water partition coefficient (Wildman–Crippen LogP) is 4.79. The quantitative estimate of drug-likeness (QED) is 0.695. The number of nitrogens with one attached hydrogen (secondary N) is 1. The molecule has 0 fully saturated rings. The van der Waals surface area contributed by atoms with Crippen LogP contribution in [0.4, 0.5) is 5.69 Å². The average Bonchev–Trinajstić information content (AvgIpc) is 2.93. The van der Waals surface area contributed by atoms with E-state index in [1.807, 2.05) is 66.7 Å². The number of halogens is 1. The van der Waals surface area contributed by atoms with Gasteiger partial charge in [0.2, 0.25) is 0 Å². The maximum absolute atomic E-state index is 6.01. The molecule has 0 spiro atoms. The van der Waals surface area contributed by atoms with Crippen LogP contribution in [0.1, 0.15) is 16.7 Å². The van der Waals surface area contributed by atoms with E-state index in [4.69, 9.17) is 26.1 Å². The Kier molecular flexibility index (Phi) is 5.00. The van der Waals surface area contributed by atoms with Gasteiger partial charge >= 0.3 is 0 Å². The number of amidine groups is 1. The first-order valence-corrected chi connectivity index (χ1v) is 9.07. The van der Waals surface area contributed by atoms with E-state index in [0.717, 1.165) is 39.6 Å². The van der Waals surface area contributed by atoms with Crippen LogP contribution in [0, 0.1) is 0 Å². The van der Waals surface area contributed by atoms with Crippen molar-refractivity contribution in [3.63, 3.8) is 0 Å². The van der Waals surface area contributed by atoms with Crippen molar-refractivity contribution in [2.75, 3.05) is 14.2 Å². The van der Waals surface area contributed by atoms with Gasteiger partial charge in [0.05, 0.1) is 19.9 Å². The third-order valence-corrected chi connectivity index (χ3v) is 4.70.